The van der Waals surface area contributed by atoms with Gasteiger partial charge in [-0.05, 0) is 6.42 Å². The first kappa shape index (κ1) is 11.0. The Balaban J connectivity index is 2.52. The molecule has 0 aliphatic carbocycles. The number of nitrogens with zero attached hydrogens (tertiary/aromatic N) is 3. The van der Waals surface area contributed by atoms with Crippen LogP contribution in [-0.4, -0.2) is 13.3 Å². The zero-order chi connectivity index (χ0) is 12.0. The van der Waals surface area contributed by atoms with E-state index in [0.29, 0.717) is 15.6 Å². The van der Waals surface area contributed by atoms with Crippen molar-refractivity contribution in [3.8, 4) is 0 Å². The summed E-state index contributed by atoms with van der Waals surface area (Å²) in [6.45, 7) is 2.41. The second-order valence-electron chi connectivity index (χ2n) is 3.50. The molecule has 1 aromatic rings. The van der Waals surface area contributed by atoms with Crippen molar-refractivity contribution >= 4 is 44.1 Å². The van der Waals surface area contributed by atoms with Crippen molar-refractivity contribution in [3.05, 3.63) is 29.8 Å². The first-order valence-corrected chi connectivity index (χ1v) is 7.37. The average molecular weight is 285 g/mol. The third kappa shape index (κ3) is 1.55. The maximum atomic E-state index is 12.0. The number of aromatic nitrogens is 3. The predicted octanol–water partition coefficient (Wildman–Crippen LogP) is 1.47. The molecule has 2 aliphatic heterocycles. The van der Waals surface area contributed by atoms with Gasteiger partial charge < -0.3 is 0 Å². The van der Waals surface area contributed by atoms with Gasteiger partial charge in [-0.1, -0.05) is 6.92 Å². The van der Waals surface area contributed by atoms with Crippen molar-refractivity contribution in [2.24, 2.45) is 0 Å². The highest BCUT2D eigenvalue weighted by Crippen LogP contribution is 2.21. The molecule has 0 N–H and O–H groups in total. The third-order valence-electron chi connectivity index (χ3n) is 2.36. The Morgan fingerprint density at radius 3 is 2.06 bits per heavy atom. The van der Waals surface area contributed by atoms with Gasteiger partial charge in [0.1, 0.15) is 9.06 Å². The van der Waals surface area contributed by atoms with Gasteiger partial charge in [-0.25, -0.2) is 0 Å². The average Bonchev–Trinajstić information content (AvgIpc) is 2.87. The first-order valence-electron chi connectivity index (χ1n) is 5.01. The summed E-state index contributed by atoms with van der Waals surface area (Å²) in [4.78, 5) is 25.5. The second-order valence-corrected chi connectivity index (χ2v) is 6.03. The van der Waals surface area contributed by atoms with Gasteiger partial charge in [-0.3, -0.25) is 14.2 Å². The molecule has 0 atom stereocenters. The fraction of sp³-hybridized carbons (Fsp3) is 0.333. The van der Waals surface area contributed by atoms with Crippen molar-refractivity contribution in [3.63, 3.8) is 0 Å². The molecule has 0 radical (unpaired) electrons. The normalized spacial score (nSPS) is 11.6. The molecule has 0 fully saturated rings. The largest absolute Gasteiger partial charge is 0.273 e. The highest BCUT2D eigenvalue weighted by atomic mass is 32.1. The van der Waals surface area contributed by atoms with Crippen LogP contribution in [0, 0.1) is 9.06 Å². The lowest BCUT2D eigenvalue weighted by Gasteiger charge is -1.92. The SMILES string of the molecule is CCCn1c(=O)c2sc3nsnc3sc=2c1=O. The zero-order valence-corrected chi connectivity index (χ0v) is 11.2. The Hall–Kier alpha value is -1.12. The first-order chi connectivity index (χ1) is 8.22. The monoisotopic (exact) mass is 285 g/mol. The third-order valence-corrected chi connectivity index (χ3v) is 5.50. The van der Waals surface area contributed by atoms with E-state index in [1.807, 2.05) is 6.92 Å². The Morgan fingerprint density at radius 2 is 1.59 bits per heavy atom. The molecule has 3 rings (SSSR count). The molecule has 0 aromatic carbocycles. The van der Waals surface area contributed by atoms with Crippen molar-refractivity contribution in [1.82, 2.24) is 13.3 Å². The van der Waals surface area contributed by atoms with Crippen molar-refractivity contribution < 1.29 is 0 Å². The molecule has 0 spiro atoms. The highest BCUT2D eigenvalue weighted by molar-refractivity contribution is 7.27. The van der Waals surface area contributed by atoms with E-state index < -0.39 is 0 Å². The lowest BCUT2D eigenvalue weighted by molar-refractivity contribution is 0.644. The minimum Gasteiger partial charge on any atom is -0.273 e. The molecule has 17 heavy (non-hydrogen) atoms. The lowest BCUT2D eigenvalue weighted by Crippen LogP contribution is -2.25. The second kappa shape index (κ2) is 3.97. The van der Waals surface area contributed by atoms with Crippen LogP contribution >= 0.6 is 34.4 Å². The van der Waals surface area contributed by atoms with Gasteiger partial charge in [-0.15, -0.1) is 22.7 Å². The van der Waals surface area contributed by atoms with Gasteiger partial charge in [0, 0.05) is 6.54 Å². The van der Waals surface area contributed by atoms with Crippen LogP contribution in [0.25, 0.3) is 9.66 Å². The summed E-state index contributed by atoms with van der Waals surface area (Å²) in [6, 6.07) is 0. The maximum Gasteiger partial charge on any atom is 0.272 e. The van der Waals surface area contributed by atoms with E-state index in [2.05, 4.69) is 8.75 Å². The van der Waals surface area contributed by atoms with Crippen LogP contribution in [0.5, 0.6) is 0 Å². The summed E-state index contributed by atoms with van der Waals surface area (Å²) < 4.78 is 10.5. The van der Waals surface area contributed by atoms with Crippen LogP contribution < -0.4 is 11.1 Å². The quantitative estimate of drug-likeness (QED) is 0.715. The molecule has 88 valence electrons. The van der Waals surface area contributed by atoms with Gasteiger partial charge in [-0.2, -0.15) is 8.75 Å². The van der Waals surface area contributed by atoms with Crippen LogP contribution in [0.3, 0.4) is 0 Å². The van der Waals surface area contributed by atoms with Crippen LogP contribution in [0.2, 0.25) is 0 Å². The molecule has 2 aliphatic rings. The van der Waals surface area contributed by atoms with Gasteiger partial charge in [0.15, 0.2) is 9.66 Å². The van der Waals surface area contributed by atoms with E-state index in [-0.39, 0.29) is 11.1 Å². The summed E-state index contributed by atoms with van der Waals surface area (Å²) in [5.41, 5.74) is -0.383. The van der Waals surface area contributed by atoms with Crippen molar-refractivity contribution in [2.75, 3.05) is 0 Å². The van der Waals surface area contributed by atoms with E-state index >= 15 is 0 Å². The van der Waals surface area contributed by atoms with Crippen LogP contribution in [0.15, 0.2) is 9.59 Å². The predicted molar refractivity (Wildman–Crippen MR) is 69.3 cm³/mol. The minimum absolute atomic E-state index is 0.192. The molecule has 0 saturated heterocycles. The van der Waals surface area contributed by atoms with Gasteiger partial charge >= 0.3 is 0 Å². The van der Waals surface area contributed by atoms with E-state index in [1.165, 1.54) is 27.2 Å². The highest BCUT2D eigenvalue weighted by Gasteiger charge is 2.13. The lowest BCUT2D eigenvalue weighted by atomic mass is 10.5. The van der Waals surface area contributed by atoms with Crippen molar-refractivity contribution in [2.45, 2.75) is 19.9 Å². The Bertz CT molecular complexity index is 791. The van der Waals surface area contributed by atoms with E-state index in [4.69, 9.17) is 0 Å². The molecule has 8 heteroatoms. The summed E-state index contributed by atoms with van der Waals surface area (Å²) in [7, 11) is 0. The number of hydrogen-bond acceptors (Lipinski definition) is 7. The molecule has 0 amide bonds. The molecule has 0 unspecified atom stereocenters. The fourth-order valence-corrected chi connectivity index (χ4v) is 4.51. The number of rotatable bonds is 2. The molecule has 1 aromatic heterocycles. The smallest absolute Gasteiger partial charge is 0.272 e. The van der Waals surface area contributed by atoms with Gasteiger partial charge in [0.2, 0.25) is 0 Å². The van der Waals surface area contributed by atoms with Crippen LogP contribution in [-0.2, 0) is 6.54 Å². The van der Waals surface area contributed by atoms with Gasteiger partial charge in [0.05, 0.1) is 11.7 Å². The zero-order valence-electron chi connectivity index (χ0n) is 8.80. The summed E-state index contributed by atoms with van der Waals surface area (Å²) in [5, 5.41) is 0. The Morgan fingerprint density at radius 1 is 1.06 bits per heavy atom. The summed E-state index contributed by atoms with van der Waals surface area (Å²) in [6.07, 6.45) is 0.769. The molecule has 3 heterocycles. The van der Waals surface area contributed by atoms with Crippen LogP contribution in [0.1, 0.15) is 13.3 Å². The molecular weight excluding hydrogens is 278 g/mol. The molecular formula is C9H7N3O2S3. The summed E-state index contributed by atoms with van der Waals surface area (Å²) >= 11 is 3.62. The Kier molecular flexibility index (Phi) is 2.57. The molecule has 0 bridgehead atoms. The number of hydrogen-bond donors (Lipinski definition) is 0. The number of fused-ring (bicyclic) bond motifs is 1. The Labute approximate surface area is 107 Å². The molecule has 0 saturated carbocycles. The van der Waals surface area contributed by atoms with Gasteiger partial charge in [0.25, 0.3) is 11.1 Å². The maximum absolute atomic E-state index is 12.0. The standard InChI is InChI=1S/C9H7N3O2S3/c1-2-3-12-8(13)4-5(9(12)14)16-7-6(15-4)10-17-11-7/h2-3H2,1H3. The van der Waals surface area contributed by atoms with E-state index in [1.54, 1.807) is 0 Å². The molecule has 5 nitrogen and oxygen atoms in total. The van der Waals surface area contributed by atoms with Crippen molar-refractivity contribution in [1.29, 1.82) is 0 Å². The van der Waals surface area contributed by atoms with E-state index in [9.17, 15) is 9.59 Å². The minimum atomic E-state index is -0.192. The summed E-state index contributed by atoms with van der Waals surface area (Å²) in [5.74, 6) is 0. The van der Waals surface area contributed by atoms with E-state index in [0.717, 1.165) is 27.8 Å². The van der Waals surface area contributed by atoms with Crippen LogP contribution in [0.4, 0.5) is 0 Å². The fourth-order valence-electron chi connectivity index (χ4n) is 1.63. The topological polar surface area (TPSA) is 64.8 Å².